The number of allylic oxidation sites excluding steroid dienone is 8. The maximum atomic E-state index is 5.25. The van der Waals surface area contributed by atoms with Crippen molar-refractivity contribution in [2.24, 2.45) is 0 Å². The Kier molecular flexibility index (Phi) is 18.9. The van der Waals surface area contributed by atoms with Crippen LogP contribution in [-0.2, 0) is 49.7 Å². The van der Waals surface area contributed by atoms with Crippen LogP contribution in [0.1, 0.15) is 51.4 Å². The molecule has 0 saturated heterocycles. The first-order chi connectivity index (χ1) is 9.88. The maximum Gasteiger partial charge on any atom is 0.133 e. The molecule has 22 heavy (non-hydrogen) atoms. The first-order valence-electron chi connectivity index (χ1n) is 7.63. The summed E-state index contributed by atoms with van der Waals surface area (Å²) in [5.41, 5.74) is 0. The molecule has 2 rings (SSSR count). The quantitative estimate of drug-likeness (QED) is 0.375. The fourth-order valence-corrected chi connectivity index (χ4v) is 2.23. The Labute approximate surface area is 162 Å². The largest absolute Gasteiger partial charge is 0.498 e. The Morgan fingerprint density at radius 1 is 0.545 bits per heavy atom. The molecule has 0 aromatic heterocycles. The van der Waals surface area contributed by atoms with Crippen LogP contribution in [0.4, 0.5) is 0 Å². The number of hydrogen-bond acceptors (Lipinski definition) is 2. The Morgan fingerprint density at radius 2 is 0.818 bits per heavy atom. The number of rotatable bonds is 2. The third-order valence-electron chi connectivity index (χ3n) is 3.38. The summed E-state index contributed by atoms with van der Waals surface area (Å²) in [5, 5.41) is 0. The molecule has 0 atom stereocenters. The van der Waals surface area contributed by atoms with Gasteiger partial charge in [-0.25, -0.2) is 0 Å². The molecule has 0 unspecified atom stereocenters. The van der Waals surface area contributed by atoms with E-state index in [1.807, 2.05) is 0 Å². The van der Waals surface area contributed by atoms with Crippen LogP contribution in [0.2, 0.25) is 0 Å². The SMILES string of the molecule is C1=CCC/C=C\CC1.CO/C1=C(\OC)CC/C=C\CC1.[Ir].[Ir]. The van der Waals surface area contributed by atoms with Gasteiger partial charge in [-0.1, -0.05) is 36.5 Å². The summed E-state index contributed by atoms with van der Waals surface area (Å²) < 4.78 is 10.5. The van der Waals surface area contributed by atoms with E-state index in [1.165, 1.54) is 25.7 Å². The minimum atomic E-state index is 0. The van der Waals surface area contributed by atoms with Crippen LogP contribution in [-0.4, -0.2) is 14.2 Å². The molecule has 0 N–H and O–H groups in total. The van der Waals surface area contributed by atoms with Gasteiger partial charge in [0.2, 0.25) is 0 Å². The minimum absolute atomic E-state index is 0. The van der Waals surface area contributed by atoms with Gasteiger partial charge in [0.05, 0.1) is 14.2 Å². The predicted molar refractivity (Wildman–Crippen MR) is 85.4 cm³/mol. The maximum absolute atomic E-state index is 5.25. The fourth-order valence-electron chi connectivity index (χ4n) is 2.23. The molecular formula is C18H28Ir2O2. The predicted octanol–water partition coefficient (Wildman–Crippen LogP) is 5.29. The van der Waals surface area contributed by atoms with Crippen molar-refractivity contribution in [1.82, 2.24) is 0 Å². The van der Waals surface area contributed by atoms with Gasteiger partial charge in [-0.3, -0.25) is 0 Å². The van der Waals surface area contributed by atoms with Gasteiger partial charge in [-0.2, -0.15) is 0 Å². The molecule has 0 saturated carbocycles. The molecule has 130 valence electrons. The van der Waals surface area contributed by atoms with Crippen molar-refractivity contribution in [2.45, 2.75) is 51.4 Å². The summed E-state index contributed by atoms with van der Waals surface area (Å²) in [6.45, 7) is 0. The van der Waals surface area contributed by atoms with Crippen molar-refractivity contribution in [2.75, 3.05) is 14.2 Å². The average Bonchev–Trinajstić information content (AvgIpc) is 2.39. The van der Waals surface area contributed by atoms with Crippen molar-refractivity contribution in [1.29, 1.82) is 0 Å². The first-order valence-corrected chi connectivity index (χ1v) is 7.63. The molecule has 0 aromatic carbocycles. The molecule has 0 spiro atoms. The number of methoxy groups -OCH3 is 2. The normalized spacial score (nSPS) is 23.5. The fraction of sp³-hybridized carbons (Fsp3) is 0.556. The molecular weight excluding hydrogens is 633 g/mol. The van der Waals surface area contributed by atoms with Gasteiger partial charge < -0.3 is 9.47 Å². The van der Waals surface area contributed by atoms with Crippen LogP contribution in [0.3, 0.4) is 0 Å². The van der Waals surface area contributed by atoms with E-state index in [0.29, 0.717) is 0 Å². The zero-order valence-electron chi connectivity index (χ0n) is 13.6. The monoisotopic (exact) mass is 662 g/mol. The number of hydrogen-bond donors (Lipinski definition) is 0. The van der Waals surface area contributed by atoms with Crippen LogP contribution in [0, 0.1) is 0 Å². The smallest absolute Gasteiger partial charge is 0.133 e. The minimum Gasteiger partial charge on any atom is -0.498 e. The third kappa shape index (κ3) is 11.4. The van der Waals surface area contributed by atoms with E-state index in [-0.39, 0.29) is 40.2 Å². The Hall–Kier alpha value is -0.141. The van der Waals surface area contributed by atoms with Gasteiger partial charge in [0.15, 0.2) is 0 Å². The molecule has 2 radical (unpaired) electrons. The van der Waals surface area contributed by atoms with E-state index < -0.39 is 0 Å². The average molecular weight is 661 g/mol. The van der Waals surface area contributed by atoms with Gasteiger partial charge in [0.1, 0.15) is 11.5 Å². The van der Waals surface area contributed by atoms with Crippen molar-refractivity contribution < 1.29 is 49.7 Å². The van der Waals surface area contributed by atoms with Gasteiger partial charge in [-0.05, 0) is 38.5 Å². The molecule has 0 amide bonds. The Morgan fingerprint density at radius 3 is 1.09 bits per heavy atom. The van der Waals surface area contributed by atoms with Crippen LogP contribution in [0.25, 0.3) is 0 Å². The summed E-state index contributed by atoms with van der Waals surface area (Å²) in [5.74, 6) is 2.00. The molecule has 0 fully saturated rings. The van der Waals surface area contributed by atoms with Crippen LogP contribution in [0.5, 0.6) is 0 Å². The molecule has 2 aliphatic rings. The Bertz CT molecular complexity index is 325. The summed E-state index contributed by atoms with van der Waals surface area (Å²) in [7, 11) is 3.42. The van der Waals surface area contributed by atoms with E-state index in [0.717, 1.165) is 37.2 Å². The van der Waals surface area contributed by atoms with Crippen molar-refractivity contribution in [3.63, 3.8) is 0 Å². The summed E-state index contributed by atoms with van der Waals surface area (Å²) in [4.78, 5) is 0. The molecule has 0 heterocycles. The van der Waals surface area contributed by atoms with Crippen molar-refractivity contribution >= 4 is 0 Å². The van der Waals surface area contributed by atoms with Crippen LogP contribution in [0.15, 0.2) is 48.0 Å². The summed E-state index contributed by atoms with van der Waals surface area (Å²) >= 11 is 0. The van der Waals surface area contributed by atoms with E-state index >= 15 is 0 Å². The van der Waals surface area contributed by atoms with Gasteiger partial charge in [-0.15, -0.1) is 0 Å². The number of ether oxygens (including phenoxy) is 2. The van der Waals surface area contributed by atoms with E-state index in [4.69, 9.17) is 9.47 Å². The molecule has 2 nitrogen and oxygen atoms in total. The second-order valence-electron chi connectivity index (χ2n) is 4.90. The second-order valence-corrected chi connectivity index (χ2v) is 4.90. The standard InChI is InChI=1S/C10H16O2.C8H12.2Ir/c1-11-9-7-5-3-4-6-8-10(9)12-2;1-2-4-6-8-7-5-3-1;;/h3-4H,5-8H2,1-2H3;1-2,7-8H,3-6H2;;/b4-3-,10-9-;2-1-,8-7?;;. The molecule has 2 aliphatic carbocycles. The molecule has 0 bridgehead atoms. The first kappa shape index (κ1) is 24.1. The van der Waals surface area contributed by atoms with Gasteiger partial charge in [0.25, 0.3) is 0 Å². The molecule has 0 aliphatic heterocycles. The topological polar surface area (TPSA) is 18.5 Å². The van der Waals surface area contributed by atoms with Crippen molar-refractivity contribution in [3.05, 3.63) is 48.0 Å². The van der Waals surface area contributed by atoms with Crippen LogP contribution >= 0.6 is 0 Å². The molecule has 0 aromatic rings. The van der Waals surface area contributed by atoms with Gasteiger partial charge >= 0.3 is 0 Å². The Balaban J connectivity index is 0. The van der Waals surface area contributed by atoms with E-state index in [1.54, 1.807) is 14.2 Å². The van der Waals surface area contributed by atoms with Crippen LogP contribution < -0.4 is 0 Å². The summed E-state index contributed by atoms with van der Waals surface area (Å²) in [6, 6.07) is 0. The summed E-state index contributed by atoms with van der Waals surface area (Å²) in [6.07, 6.45) is 22.4. The van der Waals surface area contributed by atoms with E-state index in [2.05, 4.69) is 36.5 Å². The third-order valence-corrected chi connectivity index (χ3v) is 3.38. The van der Waals surface area contributed by atoms with Crippen molar-refractivity contribution in [3.8, 4) is 0 Å². The van der Waals surface area contributed by atoms with E-state index in [9.17, 15) is 0 Å². The zero-order chi connectivity index (χ0) is 14.5. The second kappa shape index (κ2) is 17.2. The van der Waals surface area contributed by atoms with Gasteiger partial charge in [0, 0.05) is 53.1 Å². The zero-order valence-corrected chi connectivity index (χ0v) is 18.4. The molecule has 4 heteroatoms.